The molecule has 5 heteroatoms. The van der Waals surface area contributed by atoms with E-state index in [1.165, 1.54) is 0 Å². The Morgan fingerprint density at radius 3 is 2.78 bits per heavy atom. The molecule has 0 aliphatic carbocycles. The maximum atomic E-state index is 11.8. The maximum absolute atomic E-state index is 11.8. The second-order valence-electron chi connectivity index (χ2n) is 5.92. The molecule has 0 saturated carbocycles. The van der Waals surface area contributed by atoms with Gasteiger partial charge in [0.25, 0.3) is 0 Å². The molecule has 2 atom stereocenters. The van der Waals surface area contributed by atoms with Gasteiger partial charge in [-0.15, -0.1) is 0 Å². The SMILES string of the molecule is CC(NCC1CN(C)CCO1)C(=O)OC(C)(C)C. The van der Waals surface area contributed by atoms with Crippen LogP contribution in [-0.4, -0.2) is 61.9 Å². The molecular formula is C13H26N2O3. The lowest BCUT2D eigenvalue weighted by Crippen LogP contribution is -2.48. The van der Waals surface area contributed by atoms with Gasteiger partial charge in [-0.3, -0.25) is 4.79 Å². The summed E-state index contributed by atoms with van der Waals surface area (Å²) in [4.78, 5) is 14.0. The molecule has 1 aliphatic heterocycles. The lowest BCUT2D eigenvalue weighted by molar-refractivity contribution is -0.157. The van der Waals surface area contributed by atoms with Gasteiger partial charge >= 0.3 is 5.97 Å². The fourth-order valence-corrected chi connectivity index (χ4v) is 1.77. The van der Waals surface area contributed by atoms with E-state index in [0.717, 1.165) is 19.7 Å². The molecule has 0 spiro atoms. The van der Waals surface area contributed by atoms with Gasteiger partial charge in [-0.2, -0.15) is 0 Å². The van der Waals surface area contributed by atoms with Crippen molar-refractivity contribution in [1.82, 2.24) is 10.2 Å². The number of nitrogens with one attached hydrogen (secondary N) is 1. The summed E-state index contributed by atoms with van der Waals surface area (Å²) in [5.74, 6) is -0.216. The molecule has 1 aliphatic rings. The van der Waals surface area contributed by atoms with E-state index in [1.807, 2.05) is 27.7 Å². The van der Waals surface area contributed by atoms with Crippen LogP contribution in [0.25, 0.3) is 0 Å². The lowest BCUT2D eigenvalue weighted by atomic mass is 10.2. The van der Waals surface area contributed by atoms with E-state index >= 15 is 0 Å². The minimum absolute atomic E-state index is 0.147. The molecule has 5 nitrogen and oxygen atoms in total. The summed E-state index contributed by atoms with van der Waals surface area (Å²) in [6.45, 7) is 10.7. The summed E-state index contributed by atoms with van der Waals surface area (Å²) in [6, 6.07) is -0.306. The zero-order valence-electron chi connectivity index (χ0n) is 12.2. The summed E-state index contributed by atoms with van der Waals surface area (Å²) in [6.07, 6.45) is 0.147. The van der Waals surface area contributed by atoms with Gasteiger partial charge in [-0.05, 0) is 34.7 Å². The average molecular weight is 258 g/mol. The van der Waals surface area contributed by atoms with Crippen LogP contribution in [0.1, 0.15) is 27.7 Å². The Balaban J connectivity index is 2.27. The van der Waals surface area contributed by atoms with Crippen molar-refractivity contribution in [3.05, 3.63) is 0 Å². The van der Waals surface area contributed by atoms with E-state index in [-0.39, 0.29) is 18.1 Å². The van der Waals surface area contributed by atoms with Crippen molar-refractivity contribution in [2.75, 3.05) is 33.3 Å². The molecule has 0 aromatic heterocycles. The number of nitrogens with zero attached hydrogens (tertiary/aromatic N) is 1. The van der Waals surface area contributed by atoms with Crippen molar-refractivity contribution in [3.8, 4) is 0 Å². The first-order valence-corrected chi connectivity index (χ1v) is 6.54. The minimum Gasteiger partial charge on any atom is -0.459 e. The summed E-state index contributed by atoms with van der Waals surface area (Å²) in [5, 5.41) is 3.17. The average Bonchev–Trinajstić information content (AvgIpc) is 2.23. The second-order valence-corrected chi connectivity index (χ2v) is 5.92. The van der Waals surface area contributed by atoms with Gasteiger partial charge in [0.2, 0.25) is 0 Å². The molecule has 0 radical (unpaired) electrons. The zero-order valence-corrected chi connectivity index (χ0v) is 12.2. The topological polar surface area (TPSA) is 50.8 Å². The van der Waals surface area contributed by atoms with Crippen LogP contribution in [0.2, 0.25) is 0 Å². The molecular weight excluding hydrogens is 232 g/mol. The van der Waals surface area contributed by atoms with Crippen molar-refractivity contribution in [1.29, 1.82) is 0 Å². The summed E-state index contributed by atoms with van der Waals surface area (Å²) >= 11 is 0. The van der Waals surface area contributed by atoms with Crippen LogP contribution in [0.15, 0.2) is 0 Å². The van der Waals surface area contributed by atoms with Crippen molar-refractivity contribution >= 4 is 5.97 Å². The summed E-state index contributed by atoms with van der Waals surface area (Å²) in [7, 11) is 2.08. The molecule has 1 saturated heterocycles. The van der Waals surface area contributed by atoms with Gasteiger partial charge in [-0.1, -0.05) is 0 Å². The number of carbonyl (C=O) groups is 1. The number of esters is 1. The van der Waals surface area contributed by atoms with Crippen molar-refractivity contribution in [2.45, 2.75) is 45.4 Å². The third-order valence-electron chi connectivity index (χ3n) is 2.75. The lowest BCUT2D eigenvalue weighted by Gasteiger charge is -2.31. The molecule has 106 valence electrons. The van der Waals surface area contributed by atoms with E-state index in [1.54, 1.807) is 0 Å². The highest BCUT2D eigenvalue weighted by Crippen LogP contribution is 2.08. The molecule has 0 amide bonds. The first-order chi connectivity index (χ1) is 8.28. The number of carbonyl (C=O) groups excluding carboxylic acids is 1. The van der Waals surface area contributed by atoms with Crippen molar-refractivity contribution in [2.24, 2.45) is 0 Å². The van der Waals surface area contributed by atoms with Gasteiger partial charge in [0.1, 0.15) is 11.6 Å². The normalized spacial score (nSPS) is 23.7. The van der Waals surface area contributed by atoms with Crippen LogP contribution in [0.3, 0.4) is 0 Å². The van der Waals surface area contributed by atoms with E-state index in [4.69, 9.17) is 9.47 Å². The van der Waals surface area contributed by atoms with Gasteiger partial charge in [0, 0.05) is 19.6 Å². The third-order valence-corrected chi connectivity index (χ3v) is 2.75. The first kappa shape index (κ1) is 15.4. The van der Waals surface area contributed by atoms with Gasteiger partial charge in [-0.25, -0.2) is 0 Å². The highest BCUT2D eigenvalue weighted by Gasteiger charge is 2.23. The second kappa shape index (κ2) is 6.50. The van der Waals surface area contributed by atoms with E-state index in [9.17, 15) is 4.79 Å². The van der Waals surface area contributed by atoms with Crippen LogP contribution in [0.4, 0.5) is 0 Å². The van der Waals surface area contributed by atoms with Crippen LogP contribution >= 0.6 is 0 Å². The van der Waals surface area contributed by atoms with Crippen LogP contribution in [0.5, 0.6) is 0 Å². The summed E-state index contributed by atoms with van der Waals surface area (Å²) in [5.41, 5.74) is -0.436. The Morgan fingerprint density at radius 2 is 2.22 bits per heavy atom. The molecule has 2 unspecified atom stereocenters. The molecule has 1 rings (SSSR count). The molecule has 0 bridgehead atoms. The standard InChI is InChI=1S/C13H26N2O3/c1-10(12(16)18-13(2,3)4)14-8-11-9-15(5)6-7-17-11/h10-11,14H,6-9H2,1-5H3. The Kier molecular flexibility index (Phi) is 5.56. The number of ether oxygens (including phenoxy) is 2. The van der Waals surface area contributed by atoms with Crippen molar-refractivity contribution in [3.63, 3.8) is 0 Å². The van der Waals surface area contributed by atoms with Crippen molar-refractivity contribution < 1.29 is 14.3 Å². The Morgan fingerprint density at radius 1 is 1.56 bits per heavy atom. The van der Waals surface area contributed by atoms with Gasteiger partial charge in [0.05, 0.1) is 12.7 Å². The fourth-order valence-electron chi connectivity index (χ4n) is 1.77. The smallest absolute Gasteiger partial charge is 0.323 e. The summed E-state index contributed by atoms with van der Waals surface area (Å²) < 4.78 is 10.9. The quantitative estimate of drug-likeness (QED) is 0.750. The van der Waals surface area contributed by atoms with Crippen LogP contribution in [0, 0.1) is 0 Å². The number of morpholine rings is 1. The minimum atomic E-state index is -0.436. The first-order valence-electron chi connectivity index (χ1n) is 6.54. The third kappa shape index (κ3) is 5.80. The molecule has 0 aromatic rings. The largest absolute Gasteiger partial charge is 0.459 e. The van der Waals surface area contributed by atoms with E-state index in [0.29, 0.717) is 6.54 Å². The molecule has 18 heavy (non-hydrogen) atoms. The highest BCUT2D eigenvalue weighted by atomic mass is 16.6. The monoisotopic (exact) mass is 258 g/mol. The predicted molar refractivity (Wildman–Crippen MR) is 70.5 cm³/mol. The zero-order chi connectivity index (χ0) is 13.8. The number of likely N-dealkylation sites (N-methyl/N-ethyl adjacent to an activating group) is 1. The van der Waals surface area contributed by atoms with E-state index in [2.05, 4.69) is 17.3 Å². The van der Waals surface area contributed by atoms with Crippen LogP contribution in [-0.2, 0) is 14.3 Å². The maximum Gasteiger partial charge on any atom is 0.323 e. The van der Waals surface area contributed by atoms with Gasteiger partial charge in [0.15, 0.2) is 0 Å². The number of hydrogen-bond donors (Lipinski definition) is 1. The molecule has 1 fully saturated rings. The number of rotatable bonds is 4. The number of hydrogen-bond acceptors (Lipinski definition) is 5. The molecule has 1 heterocycles. The predicted octanol–water partition coefficient (Wildman–Crippen LogP) is 0.637. The van der Waals surface area contributed by atoms with Crippen LogP contribution < -0.4 is 5.32 Å². The van der Waals surface area contributed by atoms with Gasteiger partial charge < -0.3 is 19.7 Å². The molecule has 1 N–H and O–H groups in total. The Bertz CT molecular complexity index is 276. The highest BCUT2D eigenvalue weighted by molar-refractivity contribution is 5.75. The Hall–Kier alpha value is -0.650. The molecule has 0 aromatic carbocycles. The Labute approximate surface area is 110 Å². The van der Waals surface area contributed by atoms with E-state index < -0.39 is 5.60 Å². The fraction of sp³-hybridized carbons (Fsp3) is 0.923.